The molecule has 7 N–H and O–H groups in total. The van der Waals surface area contributed by atoms with Gasteiger partial charge in [0, 0.05) is 5.69 Å². The molecule has 4 heteroatoms. The third-order valence-corrected chi connectivity index (χ3v) is 2.37. The van der Waals surface area contributed by atoms with E-state index in [1.165, 1.54) is 0 Å². The molecule has 0 bridgehead atoms. The van der Waals surface area contributed by atoms with Gasteiger partial charge < -0.3 is 22.5 Å². The lowest BCUT2D eigenvalue weighted by Crippen LogP contribution is -2.03. The summed E-state index contributed by atoms with van der Waals surface area (Å²) < 4.78 is 0. The van der Waals surface area contributed by atoms with Crippen molar-refractivity contribution in [3.63, 3.8) is 0 Å². The minimum absolute atomic E-state index is 0.418. The van der Waals surface area contributed by atoms with E-state index in [0.29, 0.717) is 17.1 Å². The first-order valence-electron chi connectivity index (χ1n) is 4.94. The van der Waals surface area contributed by atoms with Crippen LogP contribution >= 0.6 is 0 Å². The molecule has 0 saturated carbocycles. The van der Waals surface area contributed by atoms with Crippen molar-refractivity contribution in [3.05, 3.63) is 42.5 Å². The molecule has 0 saturated heterocycles. The molecule has 0 heterocycles. The van der Waals surface area contributed by atoms with Crippen LogP contribution in [0.1, 0.15) is 0 Å². The standard InChI is InChI=1S/C12H14N4/c13-9-6-7-10(12(15)11(9)14)16-8-4-2-1-3-5-8/h1-7,16H,13-15H2. The highest BCUT2D eigenvalue weighted by atomic mass is 14.9. The number of nitrogens with two attached hydrogens (primary N) is 3. The van der Waals surface area contributed by atoms with Gasteiger partial charge in [-0.25, -0.2) is 0 Å². The largest absolute Gasteiger partial charge is 0.397 e. The summed E-state index contributed by atoms with van der Waals surface area (Å²) in [5.74, 6) is 0. The van der Waals surface area contributed by atoms with Gasteiger partial charge >= 0.3 is 0 Å². The van der Waals surface area contributed by atoms with Crippen molar-refractivity contribution in [1.29, 1.82) is 0 Å². The van der Waals surface area contributed by atoms with Gasteiger partial charge in [-0.2, -0.15) is 0 Å². The summed E-state index contributed by atoms with van der Waals surface area (Å²) in [6.45, 7) is 0. The van der Waals surface area contributed by atoms with E-state index in [4.69, 9.17) is 17.2 Å². The van der Waals surface area contributed by atoms with Gasteiger partial charge in [-0.3, -0.25) is 0 Å². The third-order valence-electron chi connectivity index (χ3n) is 2.37. The van der Waals surface area contributed by atoms with Crippen LogP contribution in [0, 0.1) is 0 Å². The highest BCUT2D eigenvalue weighted by Crippen LogP contribution is 2.31. The molecule has 0 unspecified atom stereocenters. The van der Waals surface area contributed by atoms with E-state index in [2.05, 4.69) is 5.32 Å². The third kappa shape index (κ3) is 1.86. The lowest BCUT2D eigenvalue weighted by Gasteiger charge is -2.12. The van der Waals surface area contributed by atoms with Crippen LogP contribution < -0.4 is 22.5 Å². The maximum atomic E-state index is 5.86. The van der Waals surface area contributed by atoms with E-state index in [9.17, 15) is 0 Å². The second kappa shape index (κ2) is 4.02. The van der Waals surface area contributed by atoms with Crippen LogP contribution in [-0.2, 0) is 0 Å². The van der Waals surface area contributed by atoms with E-state index in [1.807, 2.05) is 36.4 Å². The van der Waals surface area contributed by atoms with Crippen molar-refractivity contribution in [3.8, 4) is 0 Å². The number of nitrogens with one attached hydrogen (secondary N) is 1. The van der Waals surface area contributed by atoms with Gasteiger partial charge in [0.25, 0.3) is 0 Å². The molecule has 2 aromatic rings. The quantitative estimate of drug-likeness (QED) is 0.577. The Hall–Kier alpha value is -2.36. The maximum absolute atomic E-state index is 5.86. The number of rotatable bonds is 2. The van der Waals surface area contributed by atoms with E-state index in [1.54, 1.807) is 6.07 Å². The van der Waals surface area contributed by atoms with Crippen molar-refractivity contribution in [2.75, 3.05) is 22.5 Å². The monoisotopic (exact) mass is 214 g/mol. The van der Waals surface area contributed by atoms with Crippen LogP contribution in [0.2, 0.25) is 0 Å². The zero-order valence-electron chi connectivity index (χ0n) is 8.77. The van der Waals surface area contributed by atoms with Crippen molar-refractivity contribution in [2.24, 2.45) is 0 Å². The number of para-hydroxylation sites is 1. The second-order valence-electron chi connectivity index (χ2n) is 3.52. The molecule has 2 rings (SSSR count). The molecule has 0 aliphatic heterocycles. The van der Waals surface area contributed by atoms with Crippen LogP contribution in [-0.4, -0.2) is 0 Å². The van der Waals surface area contributed by atoms with Gasteiger partial charge in [-0.05, 0) is 24.3 Å². The average Bonchev–Trinajstić information content (AvgIpc) is 2.31. The maximum Gasteiger partial charge on any atom is 0.0808 e. The normalized spacial score (nSPS) is 10.0. The van der Waals surface area contributed by atoms with Crippen LogP contribution in [0.5, 0.6) is 0 Å². The molecule has 0 fully saturated rings. The van der Waals surface area contributed by atoms with Crippen LogP contribution in [0.15, 0.2) is 42.5 Å². The Balaban J connectivity index is 2.33. The minimum Gasteiger partial charge on any atom is -0.397 e. The predicted molar refractivity (Wildman–Crippen MR) is 69.4 cm³/mol. The molecule has 4 nitrogen and oxygen atoms in total. The highest BCUT2D eigenvalue weighted by Gasteiger charge is 2.05. The molecule has 82 valence electrons. The van der Waals surface area contributed by atoms with Crippen LogP contribution in [0.4, 0.5) is 28.4 Å². The van der Waals surface area contributed by atoms with Gasteiger partial charge in [0.2, 0.25) is 0 Å². The Morgan fingerprint density at radius 2 is 1.44 bits per heavy atom. The SMILES string of the molecule is Nc1ccc(Nc2ccccc2)c(N)c1N. The van der Waals surface area contributed by atoms with E-state index < -0.39 is 0 Å². The summed E-state index contributed by atoms with van der Waals surface area (Å²) in [4.78, 5) is 0. The smallest absolute Gasteiger partial charge is 0.0808 e. The summed E-state index contributed by atoms with van der Waals surface area (Å²) in [6, 6.07) is 13.3. The minimum atomic E-state index is 0.418. The number of hydrogen-bond donors (Lipinski definition) is 4. The predicted octanol–water partition coefficient (Wildman–Crippen LogP) is 2.18. The first-order chi connectivity index (χ1) is 7.68. The molecular formula is C12H14N4. The molecule has 16 heavy (non-hydrogen) atoms. The van der Waals surface area contributed by atoms with Crippen molar-refractivity contribution in [1.82, 2.24) is 0 Å². The Morgan fingerprint density at radius 3 is 2.12 bits per heavy atom. The van der Waals surface area contributed by atoms with Gasteiger partial charge in [0.05, 0.1) is 22.7 Å². The first-order valence-corrected chi connectivity index (χ1v) is 4.94. The second-order valence-corrected chi connectivity index (χ2v) is 3.52. The summed E-state index contributed by atoms with van der Waals surface area (Å²) in [5.41, 5.74) is 20.4. The van der Waals surface area contributed by atoms with E-state index in [0.717, 1.165) is 11.4 Å². The van der Waals surface area contributed by atoms with Gasteiger partial charge in [-0.15, -0.1) is 0 Å². The molecule has 0 spiro atoms. The Kier molecular flexibility index (Phi) is 2.55. The van der Waals surface area contributed by atoms with Crippen LogP contribution in [0.25, 0.3) is 0 Å². The Morgan fingerprint density at radius 1 is 0.750 bits per heavy atom. The molecule has 2 aromatic carbocycles. The molecule has 0 aliphatic rings. The molecule has 0 radical (unpaired) electrons. The number of anilines is 5. The fourth-order valence-corrected chi connectivity index (χ4v) is 1.44. The highest BCUT2D eigenvalue weighted by molar-refractivity contribution is 5.88. The number of hydrogen-bond acceptors (Lipinski definition) is 4. The fraction of sp³-hybridized carbons (Fsp3) is 0. The van der Waals surface area contributed by atoms with Gasteiger partial charge in [0.15, 0.2) is 0 Å². The van der Waals surface area contributed by atoms with Gasteiger partial charge in [0.1, 0.15) is 0 Å². The fourth-order valence-electron chi connectivity index (χ4n) is 1.44. The molecule has 0 amide bonds. The van der Waals surface area contributed by atoms with Gasteiger partial charge in [-0.1, -0.05) is 18.2 Å². The molecule has 0 atom stereocenters. The molecule has 0 aliphatic carbocycles. The summed E-state index contributed by atoms with van der Waals surface area (Å²) in [5, 5.41) is 3.18. The lowest BCUT2D eigenvalue weighted by molar-refractivity contribution is 1.54. The van der Waals surface area contributed by atoms with Crippen molar-refractivity contribution >= 4 is 28.4 Å². The Bertz CT molecular complexity index is 494. The average molecular weight is 214 g/mol. The Labute approximate surface area is 94.1 Å². The van der Waals surface area contributed by atoms with E-state index >= 15 is 0 Å². The van der Waals surface area contributed by atoms with Crippen LogP contribution in [0.3, 0.4) is 0 Å². The van der Waals surface area contributed by atoms with E-state index in [-0.39, 0.29) is 0 Å². The zero-order chi connectivity index (χ0) is 11.5. The molecular weight excluding hydrogens is 200 g/mol. The summed E-state index contributed by atoms with van der Waals surface area (Å²) >= 11 is 0. The number of nitrogen functional groups attached to an aromatic ring is 3. The topological polar surface area (TPSA) is 90.1 Å². The first kappa shape index (κ1) is 10.2. The van der Waals surface area contributed by atoms with Crippen molar-refractivity contribution in [2.45, 2.75) is 0 Å². The number of benzene rings is 2. The lowest BCUT2D eigenvalue weighted by atomic mass is 10.2. The summed E-state index contributed by atoms with van der Waals surface area (Å²) in [7, 11) is 0. The zero-order valence-corrected chi connectivity index (χ0v) is 8.77. The molecule has 0 aromatic heterocycles. The van der Waals surface area contributed by atoms with Crippen molar-refractivity contribution < 1.29 is 0 Å². The summed E-state index contributed by atoms with van der Waals surface area (Å²) in [6.07, 6.45) is 0.